The van der Waals surface area contributed by atoms with Crippen LogP contribution in [0.4, 0.5) is 22.0 Å². The third-order valence-electron chi connectivity index (χ3n) is 6.85. The maximum Gasteiger partial charge on any atom is 0.586 e. The molecule has 0 saturated carbocycles. The molecule has 4 aromatic rings. The van der Waals surface area contributed by atoms with Crippen LogP contribution in [-0.2, 0) is 22.6 Å². The molecule has 0 aliphatic carbocycles. The Kier molecular flexibility index (Phi) is 7.81. The van der Waals surface area contributed by atoms with Crippen molar-refractivity contribution in [3.63, 3.8) is 0 Å². The lowest BCUT2D eigenvalue weighted by molar-refractivity contribution is -0.287. The molecule has 0 spiro atoms. The number of alkyl halides is 5. The van der Waals surface area contributed by atoms with E-state index in [-0.39, 0.29) is 51.6 Å². The Hall–Kier alpha value is -4.24. The number of halogens is 5. The summed E-state index contributed by atoms with van der Waals surface area (Å²) in [6, 6.07) is 12.6. The minimum Gasteiger partial charge on any atom is -0.396 e. The lowest BCUT2D eigenvalue weighted by Crippen LogP contribution is -2.29. The van der Waals surface area contributed by atoms with Crippen LogP contribution in [0.15, 0.2) is 65.6 Å². The molecular weight excluding hydrogens is 601 g/mol. The SMILES string of the molecule is CCS(=O)(=O)c1ccc([C@H](CCO)NC(=O)c2ccc3c(c2)nc(C(F)(F)F)n3Cc2cccc3c2OC(F)(F)O3)cc1. The molecule has 0 radical (unpaired) electrons. The summed E-state index contributed by atoms with van der Waals surface area (Å²) in [7, 11) is -3.45. The van der Waals surface area contributed by atoms with Gasteiger partial charge in [0.2, 0.25) is 5.82 Å². The molecule has 1 aliphatic rings. The van der Waals surface area contributed by atoms with Gasteiger partial charge in [-0.15, -0.1) is 8.78 Å². The minimum atomic E-state index is -4.93. The number of imidazole rings is 1. The van der Waals surface area contributed by atoms with Crippen molar-refractivity contribution < 1.29 is 49.7 Å². The van der Waals surface area contributed by atoms with E-state index in [1.807, 2.05) is 0 Å². The number of carbonyl (C=O) groups excluding carboxylic acids is 1. The molecule has 0 bridgehead atoms. The number of carbonyl (C=O) groups is 1. The van der Waals surface area contributed by atoms with Crippen molar-refractivity contribution >= 4 is 26.8 Å². The standard InChI is InChI=1S/C28H24F5N3O6S/c1-2-43(39,40)19-9-6-16(7-10-19)20(12-13-37)34-25(38)17-8-11-22-21(14-17)35-26(27(29,30)31)36(22)15-18-4-3-5-23-24(18)42-28(32,33)41-23/h3-11,14,20,37H,2,12-13,15H2,1H3,(H,34,38)/t20-/m0/s1. The normalized spacial score (nSPS) is 15.0. The summed E-state index contributed by atoms with van der Waals surface area (Å²) in [6.45, 7) is 0.651. The molecular formula is C28H24F5N3O6S. The van der Waals surface area contributed by atoms with Gasteiger partial charge in [-0.05, 0) is 48.4 Å². The van der Waals surface area contributed by atoms with Crippen LogP contribution in [0.5, 0.6) is 11.5 Å². The molecule has 43 heavy (non-hydrogen) atoms. The van der Waals surface area contributed by atoms with Crippen LogP contribution in [0, 0.1) is 0 Å². The number of aromatic nitrogens is 2. The topological polar surface area (TPSA) is 120 Å². The Morgan fingerprint density at radius 1 is 1.09 bits per heavy atom. The second-order valence-corrected chi connectivity index (χ2v) is 11.9. The van der Waals surface area contributed by atoms with Gasteiger partial charge in [0, 0.05) is 17.7 Å². The van der Waals surface area contributed by atoms with E-state index in [0.717, 1.165) is 10.6 Å². The Labute approximate surface area is 241 Å². The van der Waals surface area contributed by atoms with Gasteiger partial charge in [-0.25, -0.2) is 13.4 Å². The fourth-order valence-electron chi connectivity index (χ4n) is 4.73. The number of amides is 1. The van der Waals surface area contributed by atoms with Gasteiger partial charge in [0.1, 0.15) is 0 Å². The number of aliphatic hydroxyl groups excluding tert-OH is 1. The number of nitrogens with zero attached hydrogens (tertiary/aromatic N) is 2. The number of para-hydroxylation sites is 1. The highest BCUT2D eigenvalue weighted by Gasteiger charge is 2.45. The molecule has 228 valence electrons. The summed E-state index contributed by atoms with van der Waals surface area (Å²) in [4.78, 5) is 16.9. The average molecular weight is 626 g/mol. The lowest BCUT2D eigenvalue weighted by Gasteiger charge is -2.19. The number of hydrogen-bond donors (Lipinski definition) is 2. The predicted octanol–water partition coefficient (Wildman–Crippen LogP) is 5.07. The Balaban J connectivity index is 1.45. The van der Waals surface area contributed by atoms with Gasteiger partial charge in [0.25, 0.3) is 5.91 Å². The first-order valence-corrected chi connectivity index (χ1v) is 14.6. The van der Waals surface area contributed by atoms with Crippen molar-refractivity contribution in [2.24, 2.45) is 0 Å². The number of hydrogen-bond acceptors (Lipinski definition) is 7. The number of aliphatic hydroxyl groups is 1. The number of benzene rings is 3. The van der Waals surface area contributed by atoms with Gasteiger partial charge >= 0.3 is 12.5 Å². The molecule has 1 amide bonds. The quantitative estimate of drug-likeness (QED) is 0.249. The van der Waals surface area contributed by atoms with Gasteiger partial charge in [-0.1, -0.05) is 31.2 Å². The van der Waals surface area contributed by atoms with Crippen LogP contribution in [0.2, 0.25) is 0 Å². The number of fused-ring (bicyclic) bond motifs is 2. The highest BCUT2D eigenvalue weighted by Crippen LogP contribution is 2.44. The predicted molar refractivity (Wildman–Crippen MR) is 143 cm³/mol. The molecule has 1 atom stereocenters. The number of rotatable bonds is 9. The van der Waals surface area contributed by atoms with E-state index in [1.54, 1.807) is 0 Å². The van der Waals surface area contributed by atoms with Crippen LogP contribution in [0.25, 0.3) is 11.0 Å². The molecule has 5 rings (SSSR count). The average Bonchev–Trinajstić information content (AvgIpc) is 3.49. The van der Waals surface area contributed by atoms with E-state index in [0.29, 0.717) is 5.56 Å². The summed E-state index contributed by atoms with van der Waals surface area (Å²) in [5.41, 5.74) is 0.269. The van der Waals surface area contributed by atoms with E-state index in [2.05, 4.69) is 19.8 Å². The zero-order valence-electron chi connectivity index (χ0n) is 22.4. The first-order chi connectivity index (χ1) is 20.2. The summed E-state index contributed by atoms with van der Waals surface area (Å²) < 4.78 is 103. The molecule has 0 unspecified atom stereocenters. The van der Waals surface area contributed by atoms with Crippen molar-refractivity contribution in [2.75, 3.05) is 12.4 Å². The molecule has 15 heteroatoms. The van der Waals surface area contributed by atoms with Gasteiger partial charge < -0.3 is 24.5 Å². The van der Waals surface area contributed by atoms with Gasteiger partial charge in [-0.2, -0.15) is 13.2 Å². The van der Waals surface area contributed by atoms with E-state index < -0.39 is 52.4 Å². The second-order valence-electron chi connectivity index (χ2n) is 9.65. The van der Waals surface area contributed by atoms with Crippen molar-refractivity contribution in [3.05, 3.63) is 83.2 Å². The van der Waals surface area contributed by atoms with Crippen LogP contribution in [0.1, 0.15) is 46.7 Å². The monoisotopic (exact) mass is 625 g/mol. The van der Waals surface area contributed by atoms with Gasteiger partial charge in [-0.3, -0.25) is 4.79 Å². The third kappa shape index (κ3) is 6.13. The van der Waals surface area contributed by atoms with E-state index in [4.69, 9.17) is 0 Å². The van der Waals surface area contributed by atoms with Crippen molar-refractivity contribution in [1.29, 1.82) is 0 Å². The molecule has 0 fully saturated rings. The highest BCUT2D eigenvalue weighted by molar-refractivity contribution is 7.91. The van der Waals surface area contributed by atoms with E-state index >= 15 is 0 Å². The third-order valence-corrected chi connectivity index (χ3v) is 8.60. The molecule has 0 saturated heterocycles. The Morgan fingerprint density at radius 3 is 2.47 bits per heavy atom. The Bertz CT molecular complexity index is 1790. The van der Waals surface area contributed by atoms with Gasteiger partial charge in [0.15, 0.2) is 21.3 Å². The fraction of sp³-hybridized carbons (Fsp3) is 0.286. The molecule has 2 heterocycles. The van der Waals surface area contributed by atoms with Crippen LogP contribution in [0.3, 0.4) is 0 Å². The van der Waals surface area contributed by atoms with Crippen LogP contribution in [-0.4, -0.2) is 47.6 Å². The zero-order chi connectivity index (χ0) is 31.2. The summed E-state index contributed by atoms with van der Waals surface area (Å²) in [5.74, 6) is -2.80. The van der Waals surface area contributed by atoms with Crippen LogP contribution >= 0.6 is 0 Å². The smallest absolute Gasteiger partial charge is 0.396 e. The molecule has 1 aromatic heterocycles. The van der Waals surface area contributed by atoms with E-state index in [9.17, 15) is 40.3 Å². The van der Waals surface area contributed by atoms with Crippen molar-refractivity contribution in [1.82, 2.24) is 14.9 Å². The van der Waals surface area contributed by atoms with Gasteiger partial charge in [0.05, 0.1) is 34.3 Å². The number of nitrogens with one attached hydrogen (secondary N) is 1. The number of ether oxygens (including phenoxy) is 2. The van der Waals surface area contributed by atoms with E-state index in [1.165, 1.54) is 61.5 Å². The minimum absolute atomic E-state index is 0.00843. The maximum absolute atomic E-state index is 14.0. The summed E-state index contributed by atoms with van der Waals surface area (Å²) in [5, 5.41) is 12.2. The maximum atomic E-state index is 14.0. The zero-order valence-corrected chi connectivity index (χ0v) is 23.2. The summed E-state index contributed by atoms with van der Waals surface area (Å²) >= 11 is 0. The summed E-state index contributed by atoms with van der Waals surface area (Å²) in [6.07, 6.45) is -8.81. The Morgan fingerprint density at radius 2 is 1.81 bits per heavy atom. The lowest BCUT2D eigenvalue weighted by atomic mass is 10.0. The van der Waals surface area contributed by atoms with Crippen LogP contribution < -0.4 is 14.8 Å². The molecule has 9 nitrogen and oxygen atoms in total. The van der Waals surface area contributed by atoms with Crippen molar-refractivity contribution in [3.8, 4) is 11.5 Å². The first-order valence-electron chi connectivity index (χ1n) is 12.9. The molecule has 3 aromatic carbocycles. The first kappa shape index (κ1) is 30.2. The largest absolute Gasteiger partial charge is 0.586 e. The molecule has 1 aliphatic heterocycles. The fourth-order valence-corrected chi connectivity index (χ4v) is 5.62. The highest BCUT2D eigenvalue weighted by atomic mass is 32.2. The number of sulfone groups is 1. The second kappa shape index (κ2) is 11.1. The molecule has 2 N–H and O–H groups in total. The van der Waals surface area contributed by atoms with Crippen molar-refractivity contribution in [2.45, 2.75) is 43.3 Å².